The van der Waals surface area contributed by atoms with Crippen molar-refractivity contribution in [2.45, 2.75) is 19.6 Å². The largest absolute Gasteiger partial charge is 0.377 e. The molecule has 1 aromatic heterocycles. The van der Waals surface area contributed by atoms with Crippen LogP contribution in [0.1, 0.15) is 17.0 Å². The van der Waals surface area contributed by atoms with Gasteiger partial charge < -0.3 is 15.0 Å². The van der Waals surface area contributed by atoms with E-state index in [-0.39, 0.29) is 18.2 Å². The maximum absolute atomic E-state index is 12.4. The Bertz CT molecular complexity index is 765. The van der Waals surface area contributed by atoms with Gasteiger partial charge in [0.05, 0.1) is 5.92 Å². The number of hydrogen-bond donors (Lipinski definition) is 1. The number of anilines is 1. The van der Waals surface area contributed by atoms with Gasteiger partial charge in [-0.05, 0) is 17.7 Å². The highest BCUT2D eigenvalue weighted by Gasteiger charge is 2.34. The number of benzene rings is 1. The highest BCUT2D eigenvalue weighted by atomic mass is 35.5. The van der Waals surface area contributed by atoms with Gasteiger partial charge in [-0.25, -0.2) is 0 Å². The van der Waals surface area contributed by atoms with Crippen molar-refractivity contribution < 1.29 is 14.3 Å². The fourth-order valence-corrected chi connectivity index (χ4v) is 3.45. The van der Waals surface area contributed by atoms with Gasteiger partial charge in [0.2, 0.25) is 16.9 Å². The molecule has 0 spiro atoms. The van der Waals surface area contributed by atoms with Crippen LogP contribution < -0.4 is 5.32 Å². The molecule has 0 bridgehead atoms. The van der Waals surface area contributed by atoms with Gasteiger partial charge in [0, 0.05) is 31.6 Å². The molecule has 1 aliphatic rings. The lowest BCUT2D eigenvalue weighted by molar-refractivity contribution is -0.128. The molecule has 2 aromatic rings. The molecule has 1 aliphatic heterocycles. The van der Waals surface area contributed by atoms with E-state index in [0.717, 1.165) is 5.56 Å². The van der Waals surface area contributed by atoms with Crippen LogP contribution in [-0.4, -0.2) is 40.6 Å². The Balaban J connectivity index is 1.57. The minimum Gasteiger partial charge on any atom is -0.377 e. The number of carbonyl (C=O) groups is 2. The standard InChI is InChI=1S/C16H17ClN4O3S/c1-24-9-13-19-20-16(25-13)18-15(23)11-6-14(22)21(8-11)7-10-2-4-12(17)5-3-10/h2-5,11H,6-9H2,1H3,(H,18,20,23)/t11-/m0/s1. The molecule has 25 heavy (non-hydrogen) atoms. The number of amides is 2. The Morgan fingerprint density at radius 1 is 1.40 bits per heavy atom. The van der Waals surface area contributed by atoms with Crippen molar-refractivity contribution in [1.29, 1.82) is 0 Å². The highest BCUT2D eigenvalue weighted by Crippen LogP contribution is 2.23. The summed E-state index contributed by atoms with van der Waals surface area (Å²) in [5.41, 5.74) is 0.979. The van der Waals surface area contributed by atoms with Crippen LogP contribution in [0, 0.1) is 5.92 Å². The summed E-state index contributed by atoms with van der Waals surface area (Å²) in [6.07, 6.45) is 0.198. The third-order valence-electron chi connectivity index (χ3n) is 3.84. The lowest BCUT2D eigenvalue weighted by Crippen LogP contribution is -2.28. The zero-order chi connectivity index (χ0) is 17.8. The van der Waals surface area contributed by atoms with Gasteiger partial charge in [0.1, 0.15) is 11.6 Å². The molecule has 1 atom stereocenters. The second-order valence-corrected chi connectivity index (χ2v) is 7.22. The Hall–Kier alpha value is -2.03. The van der Waals surface area contributed by atoms with E-state index in [9.17, 15) is 9.59 Å². The topological polar surface area (TPSA) is 84.4 Å². The number of methoxy groups -OCH3 is 1. The lowest BCUT2D eigenvalue weighted by atomic mass is 10.1. The fraction of sp³-hybridized carbons (Fsp3) is 0.375. The van der Waals surface area contributed by atoms with Gasteiger partial charge in [-0.15, -0.1) is 10.2 Å². The third kappa shape index (κ3) is 4.53. The summed E-state index contributed by atoms with van der Waals surface area (Å²) >= 11 is 7.13. The number of nitrogens with zero attached hydrogens (tertiary/aromatic N) is 3. The fourth-order valence-electron chi connectivity index (χ4n) is 2.60. The normalized spacial score (nSPS) is 17.1. The molecular weight excluding hydrogens is 364 g/mol. The number of carbonyl (C=O) groups excluding carboxylic acids is 2. The van der Waals surface area contributed by atoms with Crippen LogP contribution in [0.25, 0.3) is 0 Å². The molecule has 0 aliphatic carbocycles. The van der Waals surface area contributed by atoms with E-state index < -0.39 is 5.92 Å². The summed E-state index contributed by atoms with van der Waals surface area (Å²) in [5.74, 6) is -0.644. The average molecular weight is 381 g/mol. The van der Waals surface area contributed by atoms with Crippen molar-refractivity contribution in [1.82, 2.24) is 15.1 Å². The quantitative estimate of drug-likeness (QED) is 0.831. The first kappa shape index (κ1) is 17.8. The molecule has 1 aromatic carbocycles. The molecule has 7 nitrogen and oxygen atoms in total. The Morgan fingerprint density at radius 3 is 2.88 bits per heavy atom. The monoisotopic (exact) mass is 380 g/mol. The number of likely N-dealkylation sites (tertiary alicyclic amines) is 1. The number of aromatic nitrogens is 2. The molecule has 2 heterocycles. The van der Waals surface area contributed by atoms with Gasteiger partial charge in [-0.1, -0.05) is 35.1 Å². The molecule has 1 fully saturated rings. The van der Waals surface area contributed by atoms with E-state index in [1.807, 2.05) is 12.1 Å². The maximum atomic E-state index is 12.4. The van der Waals surface area contributed by atoms with Crippen LogP contribution in [-0.2, 0) is 27.5 Å². The summed E-state index contributed by atoms with van der Waals surface area (Å²) in [6, 6.07) is 7.33. The molecule has 9 heteroatoms. The summed E-state index contributed by atoms with van der Waals surface area (Å²) < 4.78 is 4.97. The smallest absolute Gasteiger partial charge is 0.231 e. The number of nitrogens with one attached hydrogen (secondary N) is 1. The van der Waals surface area contributed by atoms with Crippen molar-refractivity contribution in [3.63, 3.8) is 0 Å². The summed E-state index contributed by atoms with van der Waals surface area (Å²) in [4.78, 5) is 26.2. The van der Waals surface area contributed by atoms with Crippen molar-refractivity contribution in [2.24, 2.45) is 5.92 Å². The van der Waals surface area contributed by atoms with Crippen LogP contribution in [0.5, 0.6) is 0 Å². The van der Waals surface area contributed by atoms with Crippen molar-refractivity contribution >= 4 is 39.9 Å². The Kier molecular flexibility index (Phi) is 5.62. The van der Waals surface area contributed by atoms with Crippen LogP contribution in [0.3, 0.4) is 0 Å². The molecule has 0 radical (unpaired) electrons. The zero-order valence-electron chi connectivity index (χ0n) is 13.6. The van der Waals surface area contributed by atoms with Crippen LogP contribution >= 0.6 is 22.9 Å². The molecule has 2 amide bonds. The number of rotatable bonds is 6. The van der Waals surface area contributed by atoms with Gasteiger partial charge in [0.15, 0.2) is 0 Å². The van der Waals surface area contributed by atoms with Crippen LogP contribution in [0.15, 0.2) is 24.3 Å². The summed E-state index contributed by atoms with van der Waals surface area (Å²) in [7, 11) is 1.57. The van der Waals surface area contributed by atoms with Crippen molar-refractivity contribution in [2.75, 3.05) is 19.0 Å². The molecule has 3 rings (SSSR count). The van der Waals surface area contributed by atoms with E-state index in [0.29, 0.717) is 34.9 Å². The van der Waals surface area contributed by atoms with Gasteiger partial charge in [0.25, 0.3) is 0 Å². The van der Waals surface area contributed by atoms with Gasteiger partial charge in [-0.3, -0.25) is 9.59 Å². The first-order chi connectivity index (χ1) is 12.0. The Morgan fingerprint density at radius 2 is 2.16 bits per heavy atom. The molecular formula is C16H17ClN4O3S. The molecule has 1 saturated heterocycles. The minimum absolute atomic E-state index is 0.0348. The van der Waals surface area contributed by atoms with Crippen molar-refractivity contribution in [3.8, 4) is 0 Å². The predicted octanol–water partition coefficient (Wildman–Crippen LogP) is 2.33. The van der Waals surface area contributed by atoms with Crippen LogP contribution in [0.4, 0.5) is 5.13 Å². The average Bonchev–Trinajstić information content (AvgIpc) is 3.17. The minimum atomic E-state index is -0.394. The second kappa shape index (κ2) is 7.90. The number of ether oxygens (including phenoxy) is 1. The summed E-state index contributed by atoms with van der Waals surface area (Å²) in [6.45, 7) is 1.21. The Labute approximate surface area is 153 Å². The van der Waals surface area contributed by atoms with Gasteiger partial charge >= 0.3 is 0 Å². The predicted molar refractivity (Wildman–Crippen MR) is 94.2 cm³/mol. The SMILES string of the molecule is COCc1nnc(NC(=O)[C@H]2CC(=O)N(Cc3ccc(Cl)cc3)C2)s1. The summed E-state index contributed by atoms with van der Waals surface area (Å²) in [5, 5.41) is 12.3. The van der Waals surface area contributed by atoms with Crippen LogP contribution in [0.2, 0.25) is 5.02 Å². The maximum Gasteiger partial charge on any atom is 0.231 e. The first-order valence-corrected chi connectivity index (χ1v) is 8.89. The van der Waals surface area contributed by atoms with E-state index in [1.54, 1.807) is 24.1 Å². The van der Waals surface area contributed by atoms with Gasteiger partial charge in [-0.2, -0.15) is 0 Å². The number of hydrogen-bond acceptors (Lipinski definition) is 6. The lowest BCUT2D eigenvalue weighted by Gasteiger charge is -2.16. The van der Waals surface area contributed by atoms with Crippen molar-refractivity contribution in [3.05, 3.63) is 39.9 Å². The van der Waals surface area contributed by atoms with E-state index in [4.69, 9.17) is 16.3 Å². The molecule has 0 unspecified atom stereocenters. The number of halogens is 1. The highest BCUT2D eigenvalue weighted by molar-refractivity contribution is 7.15. The first-order valence-electron chi connectivity index (χ1n) is 7.69. The zero-order valence-corrected chi connectivity index (χ0v) is 15.1. The second-order valence-electron chi connectivity index (χ2n) is 5.72. The molecule has 1 N–H and O–H groups in total. The molecule has 0 saturated carbocycles. The van der Waals surface area contributed by atoms with E-state index in [2.05, 4.69) is 15.5 Å². The van der Waals surface area contributed by atoms with E-state index >= 15 is 0 Å². The molecule has 132 valence electrons. The van der Waals surface area contributed by atoms with E-state index in [1.165, 1.54) is 11.3 Å². The third-order valence-corrected chi connectivity index (χ3v) is 4.90.